The van der Waals surface area contributed by atoms with Crippen molar-refractivity contribution in [2.45, 2.75) is 44.4 Å². The average Bonchev–Trinajstić information content (AvgIpc) is 3.68. The molecule has 1 spiro atoms. The number of hydrogen-bond acceptors (Lipinski definition) is 6. The number of nitrogens with zero attached hydrogens (tertiary/aromatic N) is 4. The van der Waals surface area contributed by atoms with E-state index < -0.39 is 5.41 Å². The molecule has 1 aromatic rings. The Morgan fingerprint density at radius 2 is 2.00 bits per heavy atom. The maximum atomic E-state index is 10.1. The first-order chi connectivity index (χ1) is 17.9. The lowest BCUT2D eigenvalue weighted by molar-refractivity contribution is 0.0862. The SMILES string of the molecule is CCC#Cc1ccc(C2(C#N)CC3(CC3)C2)cc1N(C)C(=N)/C=C(\NC)N1CC(CN2CCNCC2)C1. The number of piperazine rings is 1. The van der Waals surface area contributed by atoms with Crippen LogP contribution in [0.2, 0.25) is 0 Å². The smallest absolute Gasteiger partial charge is 0.128 e. The van der Waals surface area contributed by atoms with E-state index in [1.54, 1.807) is 0 Å². The fraction of sp³-hybridized carbons (Fsp3) is 0.600. The van der Waals surface area contributed by atoms with Gasteiger partial charge in [-0.15, -0.1) is 0 Å². The zero-order chi connectivity index (χ0) is 26.0. The van der Waals surface area contributed by atoms with Gasteiger partial charge in [-0.25, -0.2) is 0 Å². The third-order valence-electron chi connectivity index (χ3n) is 8.75. The fourth-order valence-electron chi connectivity index (χ4n) is 6.32. The van der Waals surface area contributed by atoms with Crippen molar-refractivity contribution in [1.82, 2.24) is 20.4 Å². The molecule has 3 N–H and O–H groups in total. The van der Waals surface area contributed by atoms with Crippen molar-refractivity contribution < 1.29 is 0 Å². The minimum absolute atomic E-state index is 0.395. The van der Waals surface area contributed by atoms with Gasteiger partial charge in [0.1, 0.15) is 11.7 Å². The Kier molecular flexibility index (Phi) is 7.21. The van der Waals surface area contributed by atoms with Crippen LogP contribution in [-0.4, -0.2) is 75.5 Å². The first-order valence-electron chi connectivity index (χ1n) is 13.9. The molecule has 0 atom stereocenters. The third-order valence-corrected chi connectivity index (χ3v) is 8.75. The summed E-state index contributed by atoms with van der Waals surface area (Å²) >= 11 is 0. The standard InChI is InChI=1S/C30H41N7/c1-4-5-6-24-7-8-25(30(22-31)20-29(21-30)9-10-29)15-26(24)35(3)27(32)16-28(33-2)37-18-23(19-37)17-36-13-11-34-12-14-36/h7-8,15-16,23,32-34H,4,9-14,17-21H2,1-3H3/b28-16+,32-27?. The molecule has 4 fully saturated rings. The minimum Gasteiger partial charge on any atom is -0.375 e. The van der Waals surface area contributed by atoms with E-state index in [-0.39, 0.29) is 0 Å². The zero-order valence-corrected chi connectivity index (χ0v) is 22.7. The Morgan fingerprint density at radius 3 is 2.62 bits per heavy atom. The molecule has 4 aliphatic rings. The largest absolute Gasteiger partial charge is 0.375 e. The Labute approximate surface area is 222 Å². The summed E-state index contributed by atoms with van der Waals surface area (Å²) in [6.07, 6.45) is 7.15. The molecule has 196 valence electrons. The highest BCUT2D eigenvalue weighted by atomic mass is 15.3. The molecular weight excluding hydrogens is 458 g/mol. The van der Waals surface area contributed by atoms with Gasteiger partial charge in [-0.3, -0.25) is 5.41 Å². The van der Waals surface area contributed by atoms with E-state index in [4.69, 9.17) is 5.41 Å². The van der Waals surface area contributed by atoms with Crippen LogP contribution in [0.5, 0.6) is 0 Å². The molecule has 2 aliphatic carbocycles. The number of anilines is 1. The van der Waals surface area contributed by atoms with E-state index in [9.17, 15) is 5.26 Å². The number of rotatable bonds is 7. The zero-order valence-electron chi connectivity index (χ0n) is 22.7. The summed E-state index contributed by atoms with van der Waals surface area (Å²) in [7, 11) is 3.87. The summed E-state index contributed by atoms with van der Waals surface area (Å²) in [5.74, 6) is 8.55. The number of benzene rings is 1. The average molecular weight is 500 g/mol. The summed E-state index contributed by atoms with van der Waals surface area (Å²) in [6, 6.07) is 8.90. The molecule has 0 bridgehead atoms. The van der Waals surface area contributed by atoms with Crippen molar-refractivity contribution in [2.75, 3.05) is 64.8 Å². The van der Waals surface area contributed by atoms with Gasteiger partial charge in [-0.1, -0.05) is 24.8 Å². The molecule has 7 heteroatoms. The summed E-state index contributed by atoms with van der Waals surface area (Å²) < 4.78 is 0. The second-order valence-electron chi connectivity index (χ2n) is 11.5. The molecule has 2 aliphatic heterocycles. The van der Waals surface area contributed by atoms with E-state index in [1.165, 1.54) is 12.8 Å². The topological polar surface area (TPSA) is 81.4 Å². The first kappa shape index (κ1) is 25.6. The van der Waals surface area contributed by atoms with Crippen LogP contribution >= 0.6 is 0 Å². The van der Waals surface area contributed by atoms with Crippen molar-refractivity contribution in [3.63, 3.8) is 0 Å². The highest BCUT2D eigenvalue weighted by Crippen LogP contribution is 2.68. The molecule has 1 aromatic carbocycles. The molecule has 2 saturated heterocycles. The van der Waals surface area contributed by atoms with Gasteiger partial charge in [0.05, 0.1) is 17.2 Å². The molecule has 0 aromatic heterocycles. The van der Waals surface area contributed by atoms with Crippen LogP contribution in [0.3, 0.4) is 0 Å². The quantitative estimate of drug-likeness (QED) is 0.304. The molecule has 0 amide bonds. The lowest BCUT2D eigenvalue weighted by Gasteiger charge is -2.45. The number of likely N-dealkylation sites (tertiary alicyclic amines) is 1. The van der Waals surface area contributed by atoms with E-state index in [1.807, 2.05) is 38.1 Å². The Morgan fingerprint density at radius 1 is 1.27 bits per heavy atom. The van der Waals surface area contributed by atoms with E-state index in [2.05, 4.69) is 50.5 Å². The molecule has 0 unspecified atom stereocenters. The number of hydrogen-bond donors (Lipinski definition) is 3. The lowest BCUT2D eigenvalue weighted by Crippen LogP contribution is -2.55. The summed E-state index contributed by atoms with van der Waals surface area (Å²) in [4.78, 5) is 6.80. The summed E-state index contributed by atoms with van der Waals surface area (Å²) in [5.41, 5.74) is 2.92. The first-order valence-corrected chi connectivity index (χ1v) is 13.9. The highest BCUT2D eigenvalue weighted by Gasteiger charge is 2.62. The van der Waals surface area contributed by atoms with Gasteiger partial charge in [0, 0.05) is 83.9 Å². The number of amidine groups is 1. The molecular formula is C30H41N7. The maximum Gasteiger partial charge on any atom is 0.128 e. The van der Waals surface area contributed by atoms with E-state index in [0.717, 1.165) is 87.7 Å². The second kappa shape index (κ2) is 10.4. The third kappa shape index (κ3) is 5.21. The monoisotopic (exact) mass is 499 g/mol. The fourth-order valence-corrected chi connectivity index (χ4v) is 6.32. The molecule has 2 saturated carbocycles. The lowest BCUT2D eigenvalue weighted by atomic mass is 9.57. The normalized spacial score (nSPS) is 22.2. The van der Waals surface area contributed by atoms with Crippen LogP contribution in [-0.2, 0) is 5.41 Å². The maximum absolute atomic E-state index is 10.1. The molecule has 2 heterocycles. The summed E-state index contributed by atoms with van der Waals surface area (Å²) in [6.45, 7) is 9.68. The Balaban J connectivity index is 1.30. The van der Waals surface area contributed by atoms with Crippen LogP contribution in [0.25, 0.3) is 0 Å². The highest BCUT2D eigenvalue weighted by molar-refractivity contribution is 6.04. The van der Waals surface area contributed by atoms with Gasteiger partial charge in [0.15, 0.2) is 0 Å². The van der Waals surface area contributed by atoms with Crippen LogP contribution < -0.4 is 15.5 Å². The van der Waals surface area contributed by atoms with E-state index >= 15 is 0 Å². The van der Waals surface area contributed by atoms with Gasteiger partial charge < -0.3 is 25.3 Å². The predicted molar refractivity (Wildman–Crippen MR) is 149 cm³/mol. The van der Waals surface area contributed by atoms with E-state index in [0.29, 0.717) is 17.2 Å². The van der Waals surface area contributed by atoms with Crippen LogP contribution in [0.15, 0.2) is 30.1 Å². The van der Waals surface area contributed by atoms with Gasteiger partial charge >= 0.3 is 0 Å². The molecule has 7 nitrogen and oxygen atoms in total. The molecule has 0 radical (unpaired) electrons. The number of nitriles is 1. The van der Waals surface area contributed by atoms with Crippen molar-refractivity contribution in [3.05, 3.63) is 41.2 Å². The number of likely N-dealkylation sites (N-methyl/N-ethyl adjacent to an activating group) is 1. The van der Waals surface area contributed by atoms with Crippen LogP contribution in [0.4, 0.5) is 5.69 Å². The molecule has 37 heavy (non-hydrogen) atoms. The van der Waals surface area contributed by atoms with Crippen molar-refractivity contribution in [2.24, 2.45) is 11.3 Å². The molecule has 5 rings (SSSR count). The Bertz CT molecular complexity index is 1140. The van der Waals surface area contributed by atoms with Crippen molar-refractivity contribution in [1.29, 1.82) is 10.7 Å². The van der Waals surface area contributed by atoms with Gasteiger partial charge in [-0.2, -0.15) is 5.26 Å². The number of nitrogens with one attached hydrogen (secondary N) is 3. The van der Waals surface area contributed by atoms with Gasteiger partial charge in [0.2, 0.25) is 0 Å². The van der Waals surface area contributed by atoms with Crippen molar-refractivity contribution in [3.8, 4) is 17.9 Å². The summed E-state index contributed by atoms with van der Waals surface area (Å²) in [5, 5.41) is 25.8. The van der Waals surface area contributed by atoms with Gasteiger partial charge in [0.25, 0.3) is 0 Å². The Hall–Kier alpha value is -3.00. The van der Waals surface area contributed by atoms with Crippen molar-refractivity contribution >= 4 is 11.5 Å². The second-order valence-corrected chi connectivity index (χ2v) is 11.5. The minimum atomic E-state index is -0.395. The predicted octanol–water partition coefficient (Wildman–Crippen LogP) is 3.09. The van der Waals surface area contributed by atoms with Crippen LogP contribution in [0, 0.1) is 39.9 Å². The van der Waals surface area contributed by atoms with Gasteiger partial charge in [-0.05, 0) is 48.8 Å². The van der Waals surface area contributed by atoms with Crippen LogP contribution in [0.1, 0.15) is 50.2 Å².